The molecule has 0 aromatic heterocycles. The van der Waals surface area contributed by atoms with Crippen LogP contribution in [0.1, 0.15) is 102 Å². The van der Waals surface area contributed by atoms with Crippen molar-refractivity contribution < 1.29 is 14.2 Å². The van der Waals surface area contributed by atoms with Crippen LogP contribution in [-0.4, -0.2) is 13.2 Å². The van der Waals surface area contributed by atoms with Crippen LogP contribution in [0.25, 0.3) is 11.1 Å². The molecule has 3 heteroatoms. The Kier molecular flexibility index (Phi) is 13.8. The van der Waals surface area contributed by atoms with Crippen LogP contribution in [0.2, 0.25) is 0 Å². The van der Waals surface area contributed by atoms with Gasteiger partial charge in [-0.2, -0.15) is 0 Å². The number of hydrogen-bond acceptors (Lipinski definition) is 3. The zero-order valence-electron chi connectivity index (χ0n) is 23.9. The first-order chi connectivity index (χ1) is 18.7. The van der Waals surface area contributed by atoms with Gasteiger partial charge in [0, 0.05) is 6.61 Å². The van der Waals surface area contributed by atoms with E-state index in [2.05, 4.69) is 81.4 Å². The molecular formula is C35H48O3. The fourth-order valence-electron chi connectivity index (χ4n) is 4.50. The summed E-state index contributed by atoms with van der Waals surface area (Å²) in [6, 6.07) is 25.3. The predicted octanol–water partition coefficient (Wildman–Crippen LogP) is 10.3. The van der Waals surface area contributed by atoms with E-state index in [1.165, 1.54) is 68.1 Å². The van der Waals surface area contributed by atoms with Gasteiger partial charge in [0.15, 0.2) is 0 Å². The number of hydrogen-bond donors (Lipinski definition) is 0. The Morgan fingerprint density at radius 3 is 1.63 bits per heavy atom. The molecule has 0 N–H and O–H groups in total. The lowest BCUT2D eigenvalue weighted by Crippen LogP contribution is -2.02. The third kappa shape index (κ3) is 10.9. The molecule has 3 nitrogen and oxygen atoms in total. The molecular weight excluding hydrogens is 468 g/mol. The Hall–Kier alpha value is -2.78. The summed E-state index contributed by atoms with van der Waals surface area (Å²) in [7, 11) is 0. The van der Waals surface area contributed by atoms with E-state index in [0.717, 1.165) is 43.1 Å². The largest absolute Gasteiger partial charge is 0.494 e. The molecule has 0 saturated heterocycles. The van der Waals surface area contributed by atoms with Gasteiger partial charge in [-0.1, -0.05) is 114 Å². The molecule has 206 valence electrons. The Bertz CT molecular complexity index is 993. The highest BCUT2D eigenvalue weighted by molar-refractivity contribution is 5.64. The van der Waals surface area contributed by atoms with Gasteiger partial charge in [-0.25, -0.2) is 0 Å². The molecule has 0 fully saturated rings. The first-order valence-corrected chi connectivity index (χ1v) is 14.9. The number of ether oxygens (including phenoxy) is 3. The molecule has 3 aromatic rings. The Labute approximate surface area is 231 Å². The van der Waals surface area contributed by atoms with E-state index in [4.69, 9.17) is 14.2 Å². The summed E-state index contributed by atoms with van der Waals surface area (Å²) >= 11 is 0. The minimum absolute atomic E-state index is 0.125. The summed E-state index contributed by atoms with van der Waals surface area (Å²) in [4.78, 5) is 0. The van der Waals surface area contributed by atoms with Crippen molar-refractivity contribution in [3.05, 3.63) is 83.9 Å². The van der Waals surface area contributed by atoms with Gasteiger partial charge < -0.3 is 14.2 Å². The Balaban J connectivity index is 1.38. The second-order valence-electron chi connectivity index (χ2n) is 10.3. The van der Waals surface area contributed by atoms with Gasteiger partial charge in [0.05, 0.1) is 12.7 Å². The molecule has 0 aliphatic heterocycles. The second-order valence-corrected chi connectivity index (χ2v) is 10.3. The SMILES string of the molecule is CCCCCCCCOc1ccc(-c2ccc(OCc3ccc(C(C)OCCCCCC)cc3)cc2)cc1. The van der Waals surface area contributed by atoms with Crippen molar-refractivity contribution in [3.8, 4) is 22.6 Å². The Morgan fingerprint density at radius 2 is 1.03 bits per heavy atom. The van der Waals surface area contributed by atoms with Crippen molar-refractivity contribution >= 4 is 0 Å². The van der Waals surface area contributed by atoms with Gasteiger partial charge >= 0.3 is 0 Å². The van der Waals surface area contributed by atoms with Gasteiger partial charge in [0.25, 0.3) is 0 Å². The van der Waals surface area contributed by atoms with Gasteiger partial charge in [-0.05, 0) is 66.3 Å². The molecule has 3 rings (SSSR count). The quantitative estimate of drug-likeness (QED) is 0.148. The van der Waals surface area contributed by atoms with Crippen LogP contribution >= 0.6 is 0 Å². The maximum absolute atomic E-state index is 6.04. The van der Waals surface area contributed by atoms with Crippen molar-refractivity contribution in [1.29, 1.82) is 0 Å². The van der Waals surface area contributed by atoms with Crippen LogP contribution in [0.5, 0.6) is 11.5 Å². The predicted molar refractivity (Wildman–Crippen MR) is 160 cm³/mol. The van der Waals surface area contributed by atoms with E-state index in [-0.39, 0.29) is 6.10 Å². The summed E-state index contributed by atoms with van der Waals surface area (Å²) in [6.07, 6.45) is 12.7. The van der Waals surface area contributed by atoms with Crippen LogP contribution in [0.4, 0.5) is 0 Å². The Morgan fingerprint density at radius 1 is 0.526 bits per heavy atom. The molecule has 0 aliphatic carbocycles. The first-order valence-electron chi connectivity index (χ1n) is 14.9. The molecule has 1 unspecified atom stereocenters. The number of unbranched alkanes of at least 4 members (excludes halogenated alkanes) is 8. The van der Waals surface area contributed by atoms with Crippen LogP contribution < -0.4 is 9.47 Å². The number of benzene rings is 3. The van der Waals surface area contributed by atoms with E-state index >= 15 is 0 Å². The summed E-state index contributed by atoms with van der Waals surface area (Å²) in [5.41, 5.74) is 4.73. The van der Waals surface area contributed by atoms with Crippen LogP contribution in [0.3, 0.4) is 0 Å². The summed E-state index contributed by atoms with van der Waals surface area (Å²) in [5, 5.41) is 0. The van der Waals surface area contributed by atoms with Gasteiger partial charge in [0.2, 0.25) is 0 Å². The topological polar surface area (TPSA) is 27.7 Å². The molecule has 0 saturated carbocycles. The van der Waals surface area contributed by atoms with E-state index in [9.17, 15) is 0 Å². The average Bonchev–Trinajstić information content (AvgIpc) is 2.96. The lowest BCUT2D eigenvalue weighted by Gasteiger charge is -2.14. The molecule has 38 heavy (non-hydrogen) atoms. The van der Waals surface area contributed by atoms with Crippen LogP contribution in [0.15, 0.2) is 72.8 Å². The molecule has 0 spiro atoms. The zero-order valence-corrected chi connectivity index (χ0v) is 23.9. The van der Waals surface area contributed by atoms with E-state index < -0.39 is 0 Å². The van der Waals surface area contributed by atoms with E-state index in [1.807, 2.05) is 12.1 Å². The summed E-state index contributed by atoms with van der Waals surface area (Å²) < 4.78 is 18.0. The molecule has 0 heterocycles. The second kappa shape index (κ2) is 17.7. The standard InChI is InChI=1S/C35H48O3/c1-4-6-8-10-11-13-27-37-34-22-18-32(19-23-34)33-20-24-35(25-21-33)38-28-30-14-16-31(17-15-30)29(3)36-26-12-9-7-5-2/h14-25,29H,4-13,26-28H2,1-3H3. The molecule has 3 aromatic carbocycles. The van der Waals surface area contributed by atoms with Gasteiger partial charge in [0.1, 0.15) is 18.1 Å². The van der Waals surface area contributed by atoms with Crippen molar-refractivity contribution in [1.82, 2.24) is 0 Å². The third-order valence-corrected chi connectivity index (χ3v) is 7.03. The fourth-order valence-corrected chi connectivity index (χ4v) is 4.50. The fraction of sp³-hybridized carbons (Fsp3) is 0.486. The monoisotopic (exact) mass is 516 g/mol. The van der Waals surface area contributed by atoms with Crippen molar-refractivity contribution in [2.45, 2.75) is 97.7 Å². The minimum Gasteiger partial charge on any atom is -0.494 e. The minimum atomic E-state index is 0.125. The summed E-state index contributed by atoms with van der Waals surface area (Å²) in [6.45, 7) is 8.80. The lowest BCUT2D eigenvalue weighted by molar-refractivity contribution is 0.0628. The van der Waals surface area contributed by atoms with Crippen LogP contribution in [-0.2, 0) is 11.3 Å². The highest BCUT2D eigenvalue weighted by Gasteiger charge is 2.06. The van der Waals surface area contributed by atoms with Crippen LogP contribution in [0, 0.1) is 0 Å². The maximum atomic E-state index is 6.04. The maximum Gasteiger partial charge on any atom is 0.119 e. The normalized spacial score (nSPS) is 11.9. The molecule has 0 amide bonds. The summed E-state index contributed by atoms with van der Waals surface area (Å²) in [5.74, 6) is 1.82. The van der Waals surface area contributed by atoms with E-state index in [1.54, 1.807) is 0 Å². The average molecular weight is 517 g/mol. The van der Waals surface area contributed by atoms with Crippen molar-refractivity contribution in [3.63, 3.8) is 0 Å². The van der Waals surface area contributed by atoms with Crippen molar-refractivity contribution in [2.75, 3.05) is 13.2 Å². The van der Waals surface area contributed by atoms with E-state index in [0.29, 0.717) is 6.61 Å². The van der Waals surface area contributed by atoms with Gasteiger partial charge in [-0.15, -0.1) is 0 Å². The highest BCUT2D eigenvalue weighted by atomic mass is 16.5. The molecule has 0 bridgehead atoms. The zero-order chi connectivity index (χ0) is 26.8. The molecule has 0 radical (unpaired) electrons. The first kappa shape index (κ1) is 29.8. The molecule has 0 aliphatic rings. The highest BCUT2D eigenvalue weighted by Crippen LogP contribution is 2.25. The third-order valence-electron chi connectivity index (χ3n) is 7.03. The molecule has 1 atom stereocenters. The lowest BCUT2D eigenvalue weighted by atomic mass is 10.1. The van der Waals surface area contributed by atoms with Gasteiger partial charge in [-0.3, -0.25) is 0 Å². The van der Waals surface area contributed by atoms with Crippen molar-refractivity contribution in [2.24, 2.45) is 0 Å². The number of rotatable bonds is 19. The smallest absolute Gasteiger partial charge is 0.119 e.